The Kier molecular flexibility index (Phi) is 4.49. The van der Waals surface area contributed by atoms with Gasteiger partial charge in [-0.25, -0.2) is 4.98 Å². The second-order valence-electron chi connectivity index (χ2n) is 5.75. The summed E-state index contributed by atoms with van der Waals surface area (Å²) in [4.78, 5) is 19.4. The standard InChI is InChI=1S/C18H18N6OS/c1-2-22-11-8-15(21-22)17(25)24(13-12-23-10-5-9-19-23)18-20-14-6-3-4-7-16(14)26-18/h3-11H,2,12-13H2,1H3. The third kappa shape index (κ3) is 3.23. The number of anilines is 1. The summed E-state index contributed by atoms with van der Waals surface area (Å²) >= 11 is 1.51. The number of benzene rings is 1. The minimum absolute atomic E-state index is 0.150. The van der Waals surface area contributed by atoms with Crippen molar-refractivity contribution in [1.82, 2.24) is 24.5 Å². The van der Waals surface area contributed by atoms with Gasteiger partial charge in [-0.15, -0.1) is 0 Å². The summed E-state index contributed by atoms with van der Waals surface area (Å²) in [5, 5.41) is 9.25. The van der Waals surface area contributed by atoms with Crippen molar-refractivity contribution in [2.24, 2.45) is 0 Å². The van der Waals surface area contributed by atoms with Crippen molar-refractivity contribution in [3.63, 3.8) is 0 Å². The van der Waals surface area contributed by atoms with Crippen LogP contribution in [0.15, 0.2) is 55.0 Å². The van der Waals surface area contributed by atoms with Gasteiger partial charge in [0.1, 0.15) is 0 Å². The van der Waals surface area contributed by atoms with E-state index in [0.29, 0.717) is 23.9 Å². The SMILES string of the molecule is CCn1ccc(C(=O)N(CCn2cccn2)c2nc3ccccc3s2)n1. The highest BCUT2D eigenvalue weighted by Gasteiger charge is 2.23. The molecule has 0 N–H and O–H groups in total. The monoisotopic (exact) mass is 366 g/mol. The van der Waals surface area contributed by atoms with Crippen LogP contribution in [0, 0.1) is 0 Å². The number of hydrogen-bond acceptors (Lipinski definition) is 5. The Morgan fingerprint density at radius 1 is 1.15 bits per heavy atom. The smallest absolute Gasteiger partial charge is 0.280 e. The molecule has 0 aliphatic carbocycles. The van der Waals surface area contributed by atoms with Crippen LogP contribution in [-0.2, 0) is 13.1 Å². The molecule has 0 spiro atoms. The van der Waals surface area contributed by atoms with Gasteiger partial charge in [-0.1, -0.05) is 23.5 Å². The number of nitrogens with zero attached hydrogens (tertiary/aromatic N) is 6. The topological polar surface area (TPSA) is 68.8 Å². The molecule has 4 aromatic rings. The van der Waals surface area contributed by atoms with Gasteiger partial charge in [-0.2, -0.15) is 10.2 Å². The number of thiazole rings is 1. The first-order valence-electron chi connectivity index (χ1n) is 8.43. The molecule has 0 saturated carbocycles. The molecule has 1 aromatic carbocycles. The molecule has 4 rings (SSSR count). The first-order chi connectivity index (χ1) is 12.7. The third-order valence-corrected chi connectivity index (χ3v) is 5.11. The number of aromatic nitrogens is 5. The van der Waals surface area contributed by atoms with E-state index in [4.69, 9.17) is 0 Å². The van der Waals surface area contributed by atoms with Crippen LogP contribution in [0.2, 0.25) is 0 Å². The predicted molar refractivity (Wildman–Crippen MR) is 101 cm³/mol. The zero-order valence-electron chi connectivity index (χ0n) is 14.3. The summed E-state index contributed by atoms with van der Waals surface area (Å²) in [5.41, 5.74) is 1.31. The van der Waals surface area contributed by atoms with Crippen LogP contribution in [0.4, 0.5) is 5.13 Å². The molecule has 3 aromatic heterocycles. The minimum atomic E-state index is -0.150. The lowest BCUT2D eigenvalue weighted by atomic mass is 10.3. The predicted octanol–water partition coefficient (Wildman–Crippen LogP) is 3.06. The molecule has 0 aliphatic heterocycles. The molecule has 0 saturated heterocycles. The first kappa shape index (κ1) is 16.5. The van der Waals surface area contributed by atoms with Gasteiger partial charge in [0.15, 0.2) is 10.8 Å². The molecule has 0 radical (unpaired) electrons. The lowest BCUT2D eigenvalue weighted by molar-refractivity contribution is 0.0980. The maximum absolute atomic E-state index is 13.1. The Balaban J connectivity index is 1.66. The average molecular weight is 366 g/mol. The highest BCUT2D eigenvalue weighted by molar-refractivity contribution is 7.22. The van der Waals surface area contributed by atoms with Gasteiger partial charge in [0, 0.05) is 31.7 Å². The van der Waals surface area contributed by atoms with E-state index in [1.54, 1.807) is 26.5 Å². The van der Waals surface area contributed by atoms with Crippen LogP contribution < -0.4 is 4.90 Å². The molecule has 7 nitrogen and oxygen atoms in total. The summed E-state index contributed by atoms with van der Waals surface area (Å²) < 4.78 is 4.61. The van der Waals surface area contributed by atoms with Crippen molar-refractivity contribution in [1.29, 1.82) is 0 Å². The van der Waals surface area contributed by atoms with Crippen molar-refractivity contribution in [2.75, 3.05) is 11.4 Å². The van der Waals surface area contributed by atoms with Gasteiger partial charge in [0.05, 0.1) is 16.8 Å². The van der Waals surface area contributed by atoms with E-state index < -0.39 is 0 Å². The van der Waals surface area contributed by atoms with E-state index in [-0.39, 0.29) is 5.91 Å². The summed E-state index contributed by atoms with van der Waals surface area (Å²) in [6.07, 6.45) is 5.43. The third-order valence-electron chi connectivity index (χ3n) is 4.05. The van der Waals surface area contributed by atoms with Crippen molar-refractivity contribution < 1.29 is 4.79 Å². The van der Waals surface area contributed by atoms with Gasteiger partial charge in [-0.3, -0.25) is 19.1 Å². The lowest BCUT2D eigenvalue weighted by Crippen LogP contribution is -2.34. The summed E-state index contributed by atoms with van der Waals surface area (Å²) in [7, 11) is 0. The lowest BCUT2D eigenvalue weighted by Gasteiger charge is -2.18. The normalized spacial score (nSPS) is 11.1. The summed E-state index contributed by atoms with van der Waals surface area (Å²) in [6.45, 7) is 3.77. The number of carbonyl (C=O) groups is 1. The van der Waals surface area contributed by atoms with Crippen LogP contribution in [0.25, 0.3) is 10.2 Å². The van der Waals surface area contributed by atoms with E-state index in [9.17, 15) is 4.79 Å². The van der Waals surface area contributed by atoms with E-state index >= 15 is 0 Å². The molecule has 8 heteroatoms. The average Bonchev–Trinajstić information content (AvgIpc) is 3.41. The highest BCUT2D eigenvalue weighted by Crippen LogP contribution is 2.29. The number of aryl methyl sites for hydroxylation is 1. The Morgan fingerprint density at radius 2 is 2.04 bits per heavy atom. The second-order valence-corrected chi connectivity index (χ2v) is 6.76. The Morgan fingerprint density at radius 3 is 2.77 bits per heavy atom. The van der Waals surface area contributed by atoms with Gasteiger partial charge >= 0.3 is 0 Å². The molecule has 132 valence electrons. The van der Waals surface area contributed by atoms with Crippen LogP contribution in [0.3, 0.4) is 0 Å². The molecule has 3 heterocycles. The Bertz CT molecular complexity index is 986. The molecule has 26 heavy (non-hydrogen) atoms. The van der Waals surface area contributed by atoms with Gasteiger partial charge in [0.2, 0.25) is 0 Å². The number of rotatable bonds is 6. The molecule has 0 fully saturated rings. The molecule has 1 amide bonds. The maximum atomic E-state index is 13.1. The molecular formula is C18H18N6OS. The number of hydrogen-bond donors (Lipinski definition) is 0. The molecule has 0 bridgehead atoms. The van der Waals surface area contributed by atoms with E-state index in [2.05, 4.69) is 15.2 Å². The van der Waals surface area contributed by atoms with Crippen molar-refractivity contribution in [2.45, 2.75) is 20.0 Å². The fourth-order valence-electron chi connectivity index (χ4n) is 2.68. The van der Waals surface area contributed by atoms with E-state index in [0.717, 1.165) is 16.8 Å². The van der Waals surface area contributed by atoms with Crippen LogP contribution in [-0.4, -0.2) is 37.0 Å². The number of para-hydroxylation sites is 1. The number of amides is 1. The summed E-state index contributed by atoms with van der Waals surface area (Å²) in [6, 6.07) is 11.5. The largest absolute Gasteiger partial charge is 0.281 e. The van der Waals surface area contributed by atoms with Crippen molar-refractivity contribution in [3.05, 3.63) is 60.7 Å². The molecule has 0 aliphatic rings. The number of carbonyl (C=O) groups excluding carboxylic acids is 1. The molecule has 0 unspecified atom stereocenters. The van der Waals surface area contributed by atoms with Crippen LogP contribution in [0.5, 0.6) is 0 Å². The fraction of sp³-hybridized carbons (Fsp3) is 0.222. The highest BCUT2D eigenvalue weighted by atomic mass is 32.1. The molecule has 0 atom stereocenters. The molecular weight excluding hydrogens is 348 g/mol. The minimum Gasteiger partial charge on any atom is -0.281 e. The summed E-state index contributed by atoms with van der Waals surface area (Å²) in [5.74, 6) is -0.150. The van der Waals surface area contributed by atoms with Crippen LogP contribution in [0.1, 0.15) is 17.4 Å². The van der Waals surface area contributed by atoms with E-state index in [1.807, 2.05) is 49.6 Å². The fourth-order valence-corrected chi connectivity index (χ4v) is 3.67. The van der Waals surface area contributed by atoms with Gasteiger partial charge in [-0.05, 0) is 31.2 Å². The van der Waals surface area contributed by atoms with Crippen molar-refractivity contribution >= 4 is 32.6 Å². The van der Waals surface area contributed by atoms with Crippen molar-refractivity contribution in [3.8, 4) is 0 Å². The Hall–Kier alpha value is -3.00. The maximum Gasteiger partial charge on any atom is 0.280 e. The van der Waals surface area contributed by atoms with Gasteiger partial charge in [0.25, 0.3) is 5.91 Å². The number of fused-ring (bicyclic) bond motifs is 1. The quantitative estimate of drug-likeness (QED) is 0.526. The second kappa shape index (κ2) is 7.09. The Labute approximate surface area is 154 Å². The van der Waals surface area contributed by atoms with Gasteiger partial charge < -0.3 is 0 Å². The van der Waals surface area contributed by atoms with E-state index in [1.165, 1.54) is 11.3 Å². The first-order valence-corrected chi connectivity index (χ1v) is 9.24. The zero-order chi connectivity index (χ0) is 17.9. The zero-order valence-corrected chi connectivity index (χ0v) is 15.1. The van der Waals surface area contributed by atoms with Crippen LogP contribution >= 0.6 is 11.3 Å².